The van der Waals surface area contributed by atoms with Crippen LogP contribution >= 0.6 is 15.9 Å². The number of likely N-dealkylation sites (tertiary alicyclic amines) is 1. The second-order valence-corrected chi connectivity index (χ2v) is 7.85. The van der Waals surface area contributed by atoms with Gasteiger partial charge in [-0.1, -0.05) is 28.1 Å². The van der Waals surface area contributed by atoms with Gasteiger partial charge in [0.1, 0.15) is 5.76 Å². The largest absolute Gasteiger partial charge is 0.507 e. The van der Waals surface area contributed by atoms with Gasteiger partial charge in [-0.25, -0.2) is 0 Å². The van der Waals surface area contributed by atoms with E-state index in [2.05, 4.69) is 25.9 Å². The van der Waals surface area contributed by atoms with Crippen LogP contribution in [0.15, 0.2) is 77.2 Å². The Morgan fingerprint density at radius 1 is 1.10 bits per heavy atom. The zero-order chi connectivity index (χ0) is 21.3. The maximum absolute atomic E-state index is 13.0. The van der Waals surface area contributed by atoms with Gasteiger partial charge in [-0.05, 0) is 54.4 Å². The van der Waals surface area contributed by atoms with Gasteiger partial charge in [-0.3, -0.25) is 19.6 Å². The molecule has 1 aliphatic heterocycles. The molecule has 1 aromatic carbocycles. The first-order chi connectivity index (χ1) is 14.5. The summed E-state index contributed by atoms with van der Waals surface area (Å²) in [6.45, 7) is 2.04. The van der Waals surface area contributed by atoms with Gasteiger partial charge in [0, 0.05) is 28.6 Å². The van der Waals surface area contributed by atoms with Gasteiger partial charge in [0.2, 0.25) is 0 Å². The molecule has 2 aromatic heterocycles. The Hall–Kier alpha value is -3.32. The molecule has 3 heterocycles. The standard InChI is InChI=1S/C23H18BrN3O3/c1-14-12-16(5-6-18(14)24)21(28)19-20(15-7-10-25-11-8-15)27(23(30)22(19)29)13-17-4-2-3-9-26-17/h2-12,20,28H,13H2,1H3/b21-19-. The number of aryl methyl sites for hydroxylation is 1. The van der Waals surface area contributed by atoms with Gasteiger partial charge in [0.25, 0.3) is 11.7 Å². The number of hydrogen-bond donors (Lipinski definition) is 1. The molecule has 1 saturated heterocycles. The van der Waals surface area contributed by atoms with Crippen LogP contribution < -0.4 is 0 Å². The zero-order valence-corrected chi connectivity index (χ0v) is 17.7. The number of halogens is 1. The molecule has 0 radical (unpaired) electrons. The molecule has 150 valence electrons. The lowest BCUT2D eigenvalue weighted by molar-refractivity contribution is -0.140. The van der Waals surface area contributed by atoms with Crippen LogP contribution in [0.4, 0.5) is 0 Å². The van der Waals surface area contributed by atoms with E-state index in [4.69, 9.17) is 0 Å². The molecule has 0 aliphatic carbocycles. The lowest BCUT2D eigenvalue weighted by atomic mass is 9.95. The lowest BCUT2D eigenvalue weighted by Gasteiger charge is -2.25. The average molecular weight is 464 g/mol. The summed E-state index contributed by atoms with van der Waals surface area (Å²) < 4.78 is 0.889. The van der Waals surface area contributed by atoms with E-state index in [0.717, 1.165) is 10.0 Å². The smallest absolute Gasteiger partial charge is 0.296 e. The van der Waals surface area contributed by atoms with Crippen molar-refractivity contribution in [2.75, 3.05) is 0 Å². The van der Waals surface area contributed by atoms with Gasteiger partial charge < -0.3 is 10.0 Å². The van der Waals surface area contributed by atoms with Crippen molar-refractivity contribution < 1.29 is 14.7 Å². The number of hydrogen-bond acceptors (Lipinski definition) is 5. The molecule has 1 N–H and O–H groups in total. The molecule has 1 atom stereocenters. The summed E-state index contributed by atoms with van der Waals surface area (Å²) in [4.78, 5) is 35.7. The number of pyridine rings is 2. The van der Waals surface area contributed by atoms with Gasteiger partial charge in [0.05, 0.1) is 23.9 Å². The van der Waals surface area contributed by atoms with E-state index in [1.54, 1.807) is 61.1 Å². The molecule has 1 aliphatic rings. The van der Waals surface area contributed by atoms with E-state index < -0.39 is 17.7 Å². The zero-order valence-electron chi connectivity index (χ0n) is 16.1. The van der Waals surface area contributed by atoms with Crippen LogP contribution in [0.25, 0.3) is 5.76 Å². The third-order valence-corrected chi connectivity index (χ3v) is 5.94. The fourth-order valence-corrected chi connectivity index (χ4v) is 3.80. The van der Waals surface area contributed by atoms with Crippen LogP contribution in [-0.4, -0.2) is 31.7 Å². The minimum absolute atomic E-state index is 0.0591. The van der Waals surface area contributed by atoms with Crippen molar-refractivity contribution in [3.8, 4) is 0 Å². The molecule has 1 amide bonds. The Labute approximate surface area is 182 Å². The second kappa shape index (κ2) is 8.20. The highest BCUT2D eigenvalue weighted by Crippen LogP contribution is 2.40. The van der Waals surface area contributed by atoms with Crippen LogP contribution in [0.1, 0.15) is 28.4 Å². The molecule has 7 heteroatoms. The number of aliphatic hydroxyl groups is 1. The molecule has 4 rings (SSSR count). The fraction of sp³-hybridized carbons (Fsp3) is 0.130. The quantitative estimate of drug-likeness (QED) is 0.356. The second-order valence-electron chi connectivity index (χ2n) is 6.99. The highest BCUT2D eigenvalue weighted by atomic mass is 79.9. The number of aliphatic hydroxyl groups excluding tert-OH is 1. The van der Waals surface area contributed by atoms with Crippen molar-refractivity contribution >= 4 is 33.4 Å². The molecule has 0 bridgehead atoms. The number of nitrogens with zero attached hydrogens (tertiary/aromatic N) is 3. The molecule has 0 saturated carbocycles. The van der Waals surface area contributed by atoms with Crippen molar-refractivity contribution in [1.29, 1.82) is 0 Å². The number of benzene rings is 1. The normalized spacial score (nSPS) is 18.1. The molecule has 0 spiro atoms. The molecular formula is C23H18BrN3O3. The van der Waals surface area contributed by atoms with E-state index in [1.807, 2.05) is 13.0 Å². The minimum atomic E-state index is -0.737. The van der Waals surface area contributed by atoms with Crippen molar-refractivity contribution in [3.63, 3.8) is 0 Å². The molecule has 3 aromatic rings. The first kappa shape index (κ1) is 20.0. The summed E-state index contributed by atoms with van der Waals surface area (Å²) >= 11 is 3.44. The number of carbonyl (C=O) groups is 2. The van der Waals surface area contributed by atoms with E-state index in [1.165, 1.54) is 4.90 Å². The molecule has 1 fully saturated rings. The van der Waals surface area contributed by atoms with Gasteiger partial charge in [-0.15, -0.1) is 0 Å². The Morgan fingerprint density at radius 2 is 1.87 bits per heavy atom. The fourth-order valence-electron chi connectivity index (χ4n) is 3.55. The summed E-state index contributed by atoms with van der Waals surface area (Å²) in [5.41, 5.74) is 2.78. The van der Waals surface area contributed by atoms with Crippen molar-refractivity contribution in [2.45, 2.75) is 19.5 Å². The Bertz CT molecular complexity index is 1150. The number of aromatic nitrogens is 2. The number of rotatable bonds is 4. The lowest BCUT2D eigenvalue weighted by Crippen LogP contribution is -2.29. The first-order valence-electron chi connectivity index (χ1n) is 9.32. The van der Waals surface area contributed by atoms with Crippen LogP contribution in [0, 0.1) is 6.92 Å². The third-order valence-electron chi connectivity index (χ3n) is 5.05. The Morgan fingerprint density at radius 3 is 2.53 bits per heavy atom. The van der Waals surface area contributed by atoms with E-state index >= 15 is 0 Å². The highest BCUT2D eigenvalue weighted by Gasteiger charge is 2.46. The van der Waals surface area contributed by atoms with Crippen molar-refractivity contribution in [2.24, 2.45) is 0 Å². The van der Waals surface area contributed by atoms with E-state index in [9.17, 15) is 14.7 Å². The Kier molecular flexibility index (Phi) is 5.46. The summed E-state index contributed by atoms with van der Waals surface area (Å²) in [6, 6.07) is 13.4. The summed E-state index contributed by atoms with van der Waals surface area (Å²) in [5, 5.41) is 11.1. The average Bonchev–Trinajstić information content (AvgIpc) is 3.01. The van der Waals surface area contributed by atoms with Crippen LogP contribution in [0.2, 0.25) is 0 Å². The van der Waals surface area contributed by atoms with Crippen LogP contribution in [0.3, 0.4) is 0 Å². The van der Waals surface area contributed by atoms with Crippen LogP contribution in [-0.2, 0) is 16.1 Å². The highest BCUT2D eigenvalue weighted by molar-refractivity contribution is 9.10. The van der Waals surface area contributed by atoms with Crippen molar-refractivity contribution in [1.82, 2.24) is 14.9 Å². The van der Waals surface area contributed by atoms with E-state index in [0.29, 0.717) is 16.8 Å². The molecule has 1 unspecified atom stereocenters. The topological polar surface area (TPSA) is 83.4 Å². The van der Waals surface area contributed by atoms with Crippen molar-refractivity contribution in [3.05, 3.63) is 99.6 Å². The monoisotopic (exact) mass is 463 g/mol. The number of Topliss-reactive ketones (excluding diaryl/α,β-unsaturated/α-hetero) is 1. The predicted molar refractivity (Wildman–Crippen MR) is 115 cm³/mol. The van der Waals surface area contributed by atoms with Gasteiger partial charge in [-0.2, -0.15) is 0 Å². The summed E-state index contributed by atoms with van der Waals surface area (Å²) in [6.07, 6.45) is 4.83. The minimum Gasteiger partial charge on any atom is -0.507 e. The van der Waals surface area contributed by atoms with E-state index in [-0.39, 0.29) is 17.9 Å². The number of carbonyl (C=O) groups excluding carboxylic acids is 2. The predicted octanol–water partition coefficient (Wildman–Crippen LogP) is 4.17. The maximum atomic E-state index is 13.0. The SMILES string of the molecule is Cc1cc(/C(O)=C2/C(=O)C(=O)N(Cc3ccccn3)C2c2ccncc2)ccc1Br. The summed E-state index contributed by atoms with van der Waals surface area (Å²) in [5.74, 6) is -1.59. The van der Waals surface area contributed by atoms with Gasteiger partial charge in [0.15, 0.2) is 0 Å². The van der Waals surface area contributed by atoms with Gasteiger partial charge >= 0.3 is 0 Å². The summed E-state index contributed by atoms with van der Waals surface area (Å²) in [7, 11) is 0. The number of ketones is 1. The number of amides is 1. The molecular weight excluding hydrogens is 446 g/mol. The maximum Gasteiger partial charge on any atom is 0.296 e. The molecule has 6 nitrogen and oxygen atoms in total. The first-order valence-corrected chi connectivity index (χ1v) is 10.1. The Balaban J connectivity index is 1.86. The van der Waals surface area contributed by atoms with Crippen LogP contribution in [0.5, 0.6) is 0 Å². The third kappa shape index (κ3) is 3.64. The molecule has 30 heavy (non-hydrogen) atoms.